The fraction of sp³-hybridized carbons (Fsp3) is 0.300. The minimum atomic E-state index is -4.31. The average Bonchev–Trinajstić information content (AvgIpc) is 2.25. The largest absolute Gasteiger partial charge is 0.265 e. The van der Waals surface area contributed by atoms with E-state index in [0.29, 0.717) is 0 Å². The molecule has 0 saturated carbocycles. The molecule has 3 nitrogen and oxygen atoms in total. The topological polar surface area (TPSA) is 57.9 Å². The van der Waals surface area contributed by atoms with Gasteiger partial charge in [0.05, 0.1) is 16.5 Å². The van der Waals surface area contributed by atoms with Crippen LogP contribution in [-0.2, 0) is 15.5 Å². The molecule has 0 aliphatic rings. The number of halogens is 3. The molecule has 0 fully saturated rings. The van der Waals surface area contributed by atoms with E-state index in [4.69, 9.17) is 15.9 Å². The van der Waals surface area contributed by atoms with Crippen molar-refractivity contribution in [3.63, 3.8) is 0 Å². The zero-order chi connectivity index (χ0) is 13.2. The zero-order valence-electron chi connectivity index (χ0n) is 8.75. The molecule has 0 atom stereocenters. The van der Waals surface area contributed by atoms with Gasteiger partial charge in [0.15, 0.2) is 0 Å². The maximum absolute atomic E-state index is 12.7. The molecule has 0 bridgehead atoms. The Labute approximate surface area is 102 Å². The third-order valence-electron chi connectivity index (χ3n) is 2.24. The van der Waals surface area contributed by atoms with E-state index in [1.165, 1.54) is 6.07 Å². The molecule has 0 saturated heterocycles. The molecule has 0 heterocycles. The minimum absolute atomic E-state index is 0.0281. The number of nitriles is 1. The SMILES string of the molecule is CCc1c(C#N)ccc(C(F)F)c1S(=O)(=O)Cl. The summed E-state index contributed by atoms with van der Waals surface area (Å²) in [5.41, 5.74) is -0.604. The molecule has 1 aromatic carbocycles. The molecule has 7 heteroatoms. The van der Waals surface area contributed by atoms with E-state index in [9.17, 15) is 17.2 Å². The molecule has 0 unspecified atom stereocenters. The lowest BCUT2D eigenvalue weighted by atomic mass is 10.0. The van der Waals surface area contributed by atoms with Crippen molar-refractivity contribution < 1.29 is 17.2 Å². The molecule has 1 rings (SSSR count). The van der Waals surface area contributed by atoms with Gasteiger partial charge in [-0.25, -0.2) is 17.2 Å². The van der Waals surface area contributed by atoms with E-state index in [1.54, 1.807) is 13.0 Å². The molecule has 0 N–H and O–H groups in total. The minimum Gasteiger partial charge on any atom is -0.207 e. The van der Waals surface area contributed by atoms with Crippen LogP contribution in [0.1, 0.15) is 30.0 Å². The summed E-state index contributed by atoms with van der Waals surface area (Å²) in [6, 6.07) is 3.84. The lowest BCUT2D eigenvalue weighted by Crippen LogP contribution is -2.06. The summed E-state index contributed by atoms with van der Waals surface area (Å²) in [4.78, 5) is -0.643. The summed E-state index contributed by atoms with van der Waals surface area (Å²) in [5.74, 6) is 0. The van der Waals surface area contributed by atoms with Gasteiger partial charge in [0, 0.05) is 16.2 Å². The number of benzene rings is 1. The van der Waals surface area contributed by atoms with Crippen molar-refractivity contribution in [2.45, 2.75) is 24.7 Å². The molecule has 92 valence electrons. The van der Waals surface area contributed by atoms with Crippen molar-refractivity contribution in [2.24, 2.45) is 0 Å². The van der Waals surface area contributed by atoms with Crippen LogP contribution in [0.4, 0.5) is 8.78 Å². The van der Waals surface area contributed by atoms with Crippen molar-refractivity contribution in [1.29, 1.82) is 5.26 Å². The molecule has 0 radical (unpaired) electrons. The first-order valence-electron chi connectivity index (χ1n) is 4.61. The normalized spacial score (nSPS) is 11.5. The Kier molecular flexibility index (Phi) is 4.07. The predicted molar refractivity (Wildman–Crippen MR) is 58.5 cm³/mol. The summed E-state index contributed by atoms with van der Waals surface area (Å²) >= 11 is 0. The van der Waals surface area contributed by atoms with Crippen LogP contribution in [0.5, 0.6) is 0 Å². The van der Waals surface area contributed by atoms with E-state index in [2.05, 4.69) is 0 Å². The van der Waals surface area contributed by atoms with Crippen molar-refractivity contribution in [3.05, 3.63) is 28.8 Å². The Bertz CT molecular complexity index is 579. The van der Waals surface area contributed by atoms with E-state index in [0.717, 1.165) is 6.07 Å². The first-order chi connectivity index (χ1) is 7.82. The van der Waals surface area contributed by atoms with Crippen LogP contribution in [0.25, 0.3) is 0 Å². The fourth-order valence-corrected chi connectivity index (χ4v) is 3.10. The van der Waals surface area contributed by atoms with Crippen molar-refractivity contribution in [1.82, 2.24) is 0 Å². The maximum atomic E-state index is 12.7. The first-order valence-corrected chi connectivity index (χ1v) is 6.92. The van der Waals surface area contributed by atoms with E-state index in [1.807, 2.05) is 0 Å². The van der Waals surface area contributed by atoms with Gasteiger partial charge in [0.25, 0.3) is 15.5 Å². The first kappa shape index (κ1) is 13.9. The van der Waals surface area contributed by atoms with E-state index in [-0.39, 0.29) is 17.5 Å². The number of hydrogen-bond acceptors (Lipinski definition) is 3. The van der Waals surface area contributed by atoms with Crippen LogP contribution in [-0.4, -0.2) is 8.42 Å². The van der Waals surface area contributed by atoms with Gasteiger partial charge in [-0.15, -0.1) is 0 Å². The molecule has 0 amide bonds. The van der Waals surface area contributed by atoms with Crippen molar-refractivity contribution in [3.8, 4) is 6.07 Å². The van der Waals surface area contributed by atoms with Crippen LogP contribution in [0.2, 0.25) is 0 Å². The lowest BCUT2D eigenvalue weighted by Gasteiger charge is -2.12. The molecule has 0 spiro atoms. The van der Waals surface area contributed by atoms with Crippen molar-refractivity contribution >= 4 is 19.7 Å². The van der Waals surface area contributed by atoms with Gasteiger partial charge in [0.1, 0.15) is 0 Å². The molecule has 0 aliphatic carbocycles. The molecular formula is C10H8ClF2NO2S. The highest BCUT2D eigenvalue weighted by molar-refractivity contribution is 8.13. The highest BCUT2D eigenvalue weighted by Gasteiger charge is 2.26. The van der Waals surface area contributed by atoms with Crippen LogP contribution in [0.3, 0.4) is 0 Å². The Morgan fingerprint density at radius 3 is 2.41 bits per heavy atom. The van der Waals surface area contributed by atoms with E-state index >= 15 is 0 Å². The highest BCUT2D eigenvalue weighted by Crippen LogP contribution is 2.33. The Morgan fingerprint density at radius 2 is 2.06 bits per heavy atom. The van der Waals surface area contributed by atoms with Gasteiger partial charge in [0.2, 0.25) is 0 Å². The lowest BCUT2D eigenvalue weighted by molar-refractivity contribution is 0.148. The van der Waals surface area contributed by atoms with Crippen LogP contribution in [0, 0.1) is 11.3 Å². The van der Waals surface area contributed by atoms with E-state index < -0.39 is 25.9 Å². The third-order valence-corrected chi connectivity index (χ3v) is 3.68. The smallest absolute Gasteiger partial charge is 0.207 e. The van der Waals surface area contributed by atoms with Gasteiger partial charge >= 0.3 is 0 Å². The maximum Gasteiger partial charge on any atom is 0.265 e. The van der Waals surface area contributed by atoms with Crippen LogP contribution >= 0.6 is 10.7 Å². The second kappa shape index (κ2) is 4.98. The number of hydrogen-bond donors (Lipinski definition) is 0. The van der Waals surface area contributed by atoms with Gasteiger partial charge in [-0.3, -0.25) is 0 Å². The summed E-state index contributed by atoms with van der Waals surface area (Å²) in [6.45, 7) is 1.57. The summed E-state index contributed by atoms with van der Waals surface area (Å²) < 4.78 is 48.1. The van der Waals surface area contributed by atoms with Crippen molar-refractivity contribution in [2.75, 3.05) is 0 Å². The highest BCUT2D eigenvalue weighted by atomic mass is 35.7. The predicted octanol–water partition coefficient (Wildman–Crippen LogP) is 2.99. The number of nitrogens with zero attached hydrogens (tertiary/aromatic N) is 1. The van der Waals surface area contributed by atoms with Gasteiger partial charge in [-0.2, -0.15) is 5.26 Å². The number of alkyl halides is 2. The monoisotopic (exact) mass is 279 g/mol. The Morgan fingerprint density at radius 1 is 1.47 bits per heavy atom. The van der Waals surface area contributed by atoms with Gasteiger partial charge in [-0.05, 0) is 18.1 Å². The van der Waals surface area contributed by atoms with Crippen LogP contribution in [0.15, 0.2) is 17.0 Å². The number of rotatable bonds is 3. The summed E-state index contributed by atoms with van der Waals surface area (Å²) in [6.07, 6.45) is -2.83. The molecule has 0 aliphatic heterocycles. The quantitative estimate of drug-likeness (QED) is 0.799. The van der Waals surface area contributed by atoms with Gasteiger partial charge < -0.3 is 0 Å². The van der Waals surface area contributed by atoms with Gasteiger partial charge in [-0.1, -0.05) is 13.0 Å². The second-order valence-electron chi connectivity index (χ2n) is 3.21. The van der Waals surface area contributed by atoms with Crippen LogP contribution < -0.4 is 0 Å². The molecule has 17 heavy (non-hydrogen) atoms. The molecule has 1 aromatic rings. The second-order valence-corrected chi connectivity index (χ2v) is 5.72. The summed E-state index contributed by atoms with van der Waals surface area (Å²) in [5, 5.41) is 8.79. The summed E-state index contributed by atoms with van der Waals surface area (Å²) in [7, 11) is 0.837. The Hall–Kier alpha value is -1.19. The zero-order valence-corrected chi connectivity index (χ0v) is 10.3. The third kappa shape index (κ3) is 2.73. The average molecular weight is 280 g/mol. The molecule has 0 aromatic heterocycles. The molecular weight excluding hydrogens is 272 g/mol. The fourth-order valence-electron chi connectivity index (χ4n) is 1.56. The standard InChI is InChI=1S/C10H8ClF2NO2S/c1-2-7-6(5-14)3-4-8(10(12)13)9(7)17(11,15)16/h3-4,10H,2H2,1H3. The Balaban J connectivity index is 3.77.